The summed E-state index contributed by atoms with van der Waals surface area (Å²) in [6.45, 7) is 3.16. The SMILES string of the molecule is Cc1csc(NC(=O)c2ccc(N3CCNC3=O)cc2)n1. The minimum absolute atomic E-state index is 0.106. The maximum Gasteiger partial charge on any atom is 0.321 e. The fourth-order valence-corrected chi connectivity index (χ4v) is 2.77. The molecule has 7 heteroatoms. The largest absolute Gasteiger partial charge is 0.336 e. The van der Waals surface area contributed by atoms with E-state index in [0.29, 0.717) is 23.8 Å². The molecule has 2 N–H and O–H groups in total. The normalized spacial score (nSPS) is 14.1. The molecule has 0 aliphatic carbocycles. The van der Waals surface area contributed by atoms with Gasteiger partial charge in [0.2, 0.25) is 0 Å². The zero-order valence-electron chi connectivity index (χ0n) is 11.4. The van der Waals surface area contributed by atoms with E-state index in [1.165, 1.54) is 11.3 Å². The van der Waals surface area contributed by atoms with Crippen molar-refractivity contribution in [2.75, 3.05) is 23.3 Å². The molecule has 2 aromatic rings. The van der Waals surface area contributed by atoms with Crippen LogP contribution in [-0.4, -0.2) is 30.0 Å². The van der Waals surface area contributed by atoms with Gasteiger partial charge in [-0.05, 0) is 31.2 Å². The van der Waals surface area contributed by atoms with Crippen LogP contribution in [0.15, 0.2) is 29.6 Å². The van der Waals surface area contributed by atoms with Gasteiger partial charge in [0.05, 0.1) is 5.69 Å². The number of amides is 3. The molecule has 0 spiro atoms. The second-order valence-electron chi connectivity index (χ2n) is 4.68. The van der Waals surface area contributed by atoms with Gasteiger partial charge in [0, 0.05) is 29.7 Å². The second kappa shape index (κ2) is 5.53. The minimum atomic E-state index is -0.207. The Morgan fingerprint density at radius 3 is 2.71 bits per heavy atom. The van der Waals surface area contributed by atoms with Crippen LogP contribution in [0.3, 0.4) is 0 Å². The van der Waals surface area contributed by atoms with E-state index >= 15 is 0 Å². The summed E-state index contributed by atoms with van der Waals surface area (Å²) in [6, 6.07) is 6.85. The van der Waals surface area contributed by atoms with Gasteiger partial charge < -0.3 is 5.32 Å². The molecule has 3 rings (SSSR count). The average Bonchev–Trinajstić information content (AvgIpc) is 3.08. The third-order valence-electron chi connectivity index (χ3n) is 3.14. The van der Waals surface area contributed by atoms with Crippen molar-refractivity contribution < 1.29 is 9.59 Å². The number of benzene rings is 1. The van der Waals surface area contributed by atoms with Crippen molar-refractivity contribution in [1.82, 2.24) is 10.3 Å². The van der Waals surface area contributed by atoms with Gasteiger partial charge in [0.15, 0.2) is 5.13 Å². The third-order valence-corrected chi connectivity index (χ3v) is 4.01. The molecule has 0 bridgehead atoms. The third kappa shape index (κ3) is 2.87. The number of nitrogens with zero attached hydrogens (tertiary/aromatic N) is 2. The lowest BCUT2D eigenvalue weighted by molar-refractivity contribution is 0.102. The summed E-state index contributed by atoms with van der Waals surface area (Å²) in [4.78, 5) is 29.5. The number of rotatable bonds is 3. The number of aromatic nitrogens is 1. The van der Waals surface area contributed by atoms with Crippen LogP contribution >= 0.6 is 11.3 Å². The topological polar surface area (TPSA) is 74.3 Å². The number of anilines is 2. The first kappa shape index (κ1) is 13.6. The lowest BCUT2D eigenvalue weighted by Gasteiger charge is -2.14. The Morgan fingerprint density at radius 1 is 1.38 bits per heavy atom. The molecule has 6 nitrogen and oxygen atoms in total. The zero-order chi connectivity index (χ0) is 14.8. The number of urea groups is 1. The highest BCUT2D eigenvalue weighted by Gasteiger charge is 2.21. The molecule has 0 atom stereocenters. The fraction of sp³-hybridized carbons (Fsp3) is 0.214. The van der Waals surface area contributed by atoms with Crippen LogP contribution in [0.4, 0.5) is 15.6 Å². The Labute approximate surface area is 125 Å². The molecule has 21 heavy (non-hydrogen) atoms. The van der Waals surface area contributed by atoms with Gasteiger partial charge in [0.1, 0.15) is 0 Å². The maximum atomic E-state index is 12.1. The van der Waals surface area contributed by atoms with Gasteiger partial charge in [-0.1, -0.05) is 0 Å². The minimum Gasteiger partial charge on any atom is -0.336 e. The molecule has 3 amide bonds. The standard InChI is InChI=1S/C14H14N4O2S/c1-9-8-21-13(16-9)17-12(19)10-2-4-11(5-3-10)18-7-6-15-14(18)20/h2-5,8H,6-7H2,1H3,(H,15,20)(H,16,17,19). The number of thiazole rings is 1. The van der Waals surface area contributed by atoms with Crippen molar-refractivity contribution in [2.45, 2.75) is 6.92 Å². The average molecular weight is 302 g/mol. The van der Waals surface area contributed by atoms with Crippen LogP contribution in [0, 0.1) is 6.92 Å². The molecule has 1 aliphatic rings. The summed E-state index contributed by atoms with van der Waals surface area (Å²) in [7, 11) is 0. The number of hydrogen-bond donors (Lipinski definition) is 2. The van der Waals surface area contributed by atoms with Crippen LogP contribution in [0.5, 0.6) is 0 Å². The lowest BCUT2D eigenvalue weighted by atomic mass is 10.2. The summed E-state index contributed by atoms with van der Waals surface area (Å²) in [5.41, 5.74) is 2.20. The maximum absolute atomic E-state index is 12.1. The molecule has 1 saturated heterocycles. The van der Waals surface area contributed by atoms with E-state index in [4.69, 9.17) is 0 Å². The highest BCUT2D eigenvalue weighted by molar-refractivity contribution is 7.13. The Bertz CT molecular complexity index is 681. The molecule has 0 radical (unpaired) electrons. The number of nitrogens with one attached hydrogen (secondary N) is 2. The molecule has 2 heterocycles. The van der Waals surface area contributed by atoms with Crippen LogP contribution in [0.25, 0.3) is 0 Å². The van der Waals surface area contributed by atoms with Gasteiger partial charge in [-0.2, -0.15) is 0 Å². The van der Waals surface area contributed by atoms with Gasteiger partial charge in [-0.15, -0.1) is 11.3 Å². The summed E-state index contributed by atoms with van der Waals surface area (Å²) in [6.07, 6.45) is 0. The van der Waals surface area contributed by atoms with E-state index in [-0.39, 0.29) is 11.9 Å². The zero-order valence-corrected chi connectivity index (χ0v) is 12.2. The molecular formula is C14H14N4O2S. The number of carbonyl (C=O) groups is 2. The molecule has 0 saturated carbocycles. The molecule has 108 valence electrons. The predicted octanol–water partition coefficient (Wildman–Crippen LogP) is 2.23. The summed E-state index contributed by atoms with van der Waals surface area (Å²) >= 11 is 1.39. The Balaban J connectivity index is 1.71. The van der Waals surface area contributed by atoms with Crippen LogP contribution < -0.4 is 15.5 Å². The molecule has 1 fully saturated rings. The molecule has 1 aliphatic heterocycles. The lowest BCUT2D eigenvalue weighted by Crippen LogP contribution is -2.27. The second-order valence-corrected chi connectivity index (χ2v) is 5.54. The highest BCUT2D eigenvalue weighted by Crippen LogP contribution is 2.19. The predicted molar refractivity (Wildman–Crippen MR) is 82.0 cm³/mol. The van der Waals surface area contributed by atoms with Gasteiger partial charge in [-0.25, -0.2) is 9.78 Å². The molecular weight excluding hydrogens is 288 g/mol. The van der Waals surface area contributed by atoms with E-state index < -0.39 is 0 Å². The van der Waals surface area contributed by atoms with Crippen molar-refractivity contribution >= 4 is 34.1 Å². The van der Waals surface area contributed by atoms with Gasteiger partial charge in [0.25, 0.3) is 5.91 Å². The number of hydrogen-bond acceptors (Lipinski definition) is 4. The smallest absolute Gasteiger partial charge is 0.321 e. The first-order chi connectivity index (χ1) is 10.1. The van der Waals surface area contributed by atoms with Crippen molar-refractivity contribution in [3.8, 4) is 0 Å². The van der Waals surface area contributed by atoms with E-state index in [9.17, 15) is 9.59 Å². The van der Waals surface area contributed by atoms with Crippen LogP contribution in [0.1, 0.15) is 16.1 Å². The molecule has 1 aromatic heterocycles. The summed E-state index contributed by atoms with van der Waals surface area (Å²) in [5.74, 6) is -0.207. The molecule has 1 aromatic carbocycles. The van der Waals surface area contributed by atoms with Crippen molar-refractivity contribution in [1.29, 1.82) is 0 Å². The Kier molecular flexibility index (Phi) is 3.57. The summed E-state index contributed by atoms with van der Waals surface area (Å²) < 4.78 is 0. The van der Waals surface area contributed by atoms with Crippen LogP contribution in [-0.2, 0) is 0 Å². The van der Waals surface area contributed by atoms with Crippen molar-refractivity contribution in [3.05, 3.63) is 40.9 Å². The quantitative estimate of drug-likeness (QED) is 0.913. The van der Waals surface area contributed by atoms with E-state index in [1.54, 1.807) is 29.2 Å². The van der Waals surface area contributed by atoms with Gasteiger partial charge in [-0.3, -0.25) is 15.0 Å². The summed E-state index contributed by atoms with van der Waals surface area (Å²) in [5, 5.41) is 7.96. The number of carbonyl (C=O) groups excluding carboxylic acids is 2. The van der Waals surface area contributed by atoms with E-state index in [2.05, 4.69) is 15.6 Å². The van der Waals surface area contributed by atoms with Crippen LogP contribution in [0.2, 0.25) is 0 Å². The number of aryl methyl sites for hydroxylation is 1. The van der Waals surface area contributed by atoms with E-state index in [0.717, 1.165) is 11.4 Å². The Morgan fingerprint density at radius 2 is 2.14 bits per heavy atom. The first-order valence-electron chi connectivity index (χ1n) is 6.52. The Hall–Kier alpha value is -2.41. The first-order valence-corrected chi connectivity index (χ1v) is 7.40. The van der Waals surface area contributed by atoms with Gasteiger partial charge >= 0.3 is 6.03 Å². The highest BCUT2D eigenvalue weighted by atomic mass is 32.1. The van der Waals surface area contributed by atoms with E-state index in [1.807, 2.05) is 12.3 Å². The molecule has 0 unspecified atom stereocenters. The monoisotopic (exact) mass is 302 g/mol. The van der Waals surface area contributed by atoms with Crippen molar-refractivity contribution in [2.24, 2.45) is 0 Å². The fourth-order valence-electron chi connectivity index (χ4n) is 2.09. The van der Waals surface area contributed by atoms with Crippen molar-refractivity contribution in [3.63, 3.8) is 0 Å².